The van der Waals surface area contributed by atoms with Crippen LogP contribution in [0.2, 0.25) is 0 Å². The highest BCUT2D eigenvalue weighted by Crippen LogP contribution is 2.28. The van der Waals surface area contributed by atoms with Crippen molar-refractivity contribution in [3.8, 4) is 0 Å². The van der Waals surface area contributed by atoms with Gasteiger partial charge in [0, 0.05) is 10.6 Å². The molecule has 0 bridgehead atoms. The maximum absolute atomic E-state index is 11.5. The van der Waals surface area contributed by atoms with Gasteiger partial charge in [0.15, 0.2) is 0 Å². The fourth-order valence-electron chi connectivity index (χ4n) is 1.80. The number of benzene rings is 2. The van der Waals surface area contributed by atoms with Crippen molar-refractivity contribution in [2.45, 2.75) is 4.90 Å². The molecule has 0 heterocycles. The number of para-hydroxylation sites is 1. The van der Waals surface area contributed by atoms with E-state index in [2.05, 4.69) is 12.6 Å². The zero-order chi connectivity index (χ0) is 14.4. The second-order valence-electron chi connectivity index (χ2n) is 4.02. The molecule has 0 aliphatic carbocycles. The summed E-state index contributed by atoms with van der Waals surface area (Å²) in [7, 11) is 0. The standard InChI is InChI=1S/C15H15NO2S2/c17-15(18)16(12-4-2-1-3-5-12)13-6-8-14(9-7-13)20-11-10-19/h1-9,19H,10-11H2,(H,17,18). The molecule has 0 aromatic heterocycles. The Balaban J connectivity index is 2.24. The molecule has 0 atom stereocenters. The first-order chi connectivity index (χ1) is 9.72. The molecule has 3 nitrogen and oxygen atoms in total. The number of carboxylic acid groups (broad SMARTS) is 1. The average molecular weight is 305 g/mol. The first kappa shape index (κ1) is 14.8. The van der Waals surface area contributed by atoms with Crippen LogP contribution in [-0.4, -0.2) is 22.7 Å². The molecular formula is C15H15NO2S2. The van der Waals surface area contributed by atoms with Crippen molar-refractivity contribution < 1.29 is 9.90 Å². The summed E-state index contributed by atoms with van der Waals surface area (Å²) in [5.74, 6) is 1.75. The van der Waals surface area contributed by atoms with E-state index in [1.165, 1.54) is 4.90 Å². The van der Waals surface area contributed by atoms with Gasteiger partial charge >= 0.3 is 6.09 Å². The number of thioether (sulfide) groups is 1. The molecule has 0 saturated carbocycles. The van der Waals surface area contributed by atoms with E-state index in [0.29, 0.717) is 11.4 Å². The number of nitrogens with zero attached hydrogens (tertiary/aromatic N) is 1. The Morgan fingerprint density at radius 3 is 2.20 bits per heavy atom. The first-order valence-corrected chi connectivity index (χ1v) is 7.76. The van der Waals surface area contributed by atoms with E-state index in [1.54, 1.807) is 23.9 Å². The lowest BCUT2D eigenvalue weighted by atomic mass is 10.2. The Morgan fingerprint density at radius 1 is 1.05 bits per heavy atom. The molecule has 1 amide bonds. The summed E-state index contributed by atoms with van der Waals surface area (Å²) < 4.78 is 0. The fourth-order valence-corrected chi connectivity index (χ4v) is 2.73. The van der Waals surface area contributed by atoms with Crippen molar-refractivity contribution in [1.29, 1.82) is 0 Å². The van der Waals surface area contributed by atoms with Crippen LogP contribution in [0.3, 0.4) is 0 Å². The largest absolute Gasteiger partial charge is 0.464 e. The van der Waals surface area contributed by atoms with Crippen LogP contribution in [0.5, 0.6) is 0 Å². The number of carbonyl (C=O) groups is 1. The molecule has 5 heteroatoms. The van der Waals surface area contributed by atoms with Crippen molar-refractivity contribution in [2.75, 3.05) is 16.4 Å². The van der Waals surface area contributed by atoms with E-state index < -0.39 is 6.09 Å². The minimum atomic E-state index is -0.994. The van der Waals surface area contributed by atoms with Gasteiger partial charge in [0.2, 0.25) is 0 Å². The zero-order valence-corrected chi connectivity index (χ0v) is 12.5. The molecule has 0 unspecified atom stereocenters. The van der Waals surface area contributed by atoms with Gasteiger partial charge < -0.3 is 5.11 Å². The van der Waals surface area contributed by atoms with Gasteiger partial charge in [-0.05, 0) is 42.2 Å². The highest BCUT2D eigenvalue weighted by atomic mass is 32.2. The Kier molecular flexibility index (Phi) is 5.38. The van der Waals surface area contributed by atoms with Gasteiger partial charge in [-0.2, -0.15) is 12.6 Å². The monoisotopic (exact) mass is 305 g/mol. The third-order valence-electron chi connectivity index (χ3n) is 2.66. The van der Waals surface area contributed by atoms with Gasteiger partial charge in [0.1, 0.15) is 0 Å². The van der Waals surface area contributed by atoms with E-state index in [4.69, 9.17) is 0 Å². The number of rotatable bonds is 5. The minimum Gasteiger partial charge on any atom is -0.464 e. The maximum atomic E-state index is 11.5. The third-order valence-corrected chi connectivity index (χ3v) is 4.20. The van der Waals surface area contributed by atoms with Crippen LogP contribution in [-0.2, 0) is 0 Å². The molecule has 0 aliphatic heterocycles. The predicted octanol–water partition coefficient (Wildman–Crippen LogP) is 4.52. The molecule has 0 aliphatic rings. The lowest BCUT2D eigenvalue weighted by molar-refractivity contribution is 0.205. The maximum Gasteiger partial charge on any atom is 0.416 e. The number of anilines is 2. The number of amides is 1. The molecular weight excluding hydrogens is 290 g/mol. The van der Waals surface area contributed by atoms with Gasteiger partial charge in [-0.3, -0.25) is 0 Å². The van der Waals surface area contributed by atoms with Crippen LogP contribution < -0.4 is 4.90 Å². The van der Waals surface area contributed by atoms with E-state index in [1.807, 2.05) is 42.5 Å². The molecule has 2 rings (SSSR count). The topological polar surface area (TPSA) is 40.5 Å². The van der Waals surface area contributed by atoms with Crippen LogP contribution in [0.1, 0.15) is 0 Å². The number of hydrogen-bond acceptors (Lipinski definition) is 3. The van der Waals surface area contributed by atoms with Gasteiger partial charge in [-0.1, -0.05) is 18.2 Å². The Hall–Kier alpha value is -1.59. The molecule has 20 heavy (non-hydrogen) atoms. The SMILES string of the molecule is O=C(O)N(c1ccccc1)c1ccc(SCCS)cc1. The average Bonchev–Trinajstić information content (AvgIpc) is 2.47. The van der Waals surface area contributed by atoms with Gasteiger partial charge in [0.25, 0.3) is 0 Å². The molecule has 1 N–H and O–H groups in total. The van der Waals surface area contributed by atoms with Gasteiger partial charge in [-0.15, -0.1) is 11.8 Å². The number of hydrogen-bond donors (Lipinski definition) is 2. The van der Waals surface area contributed by atoms with Gasteiger partial charge in [0.05, 0.1) is 11.4 Å². The Labute approximate surface area is 128 Å². The molecule has 2 aromatic carbocycles. The Bertz CT molecular complexity index is 558. The summed E-state index contributed by atoms with van der Waals surface area (Å²) in [5.41, 5.74) is 1.27. The molecule has 2 aromatic rings. The summed E-state index contributed by atoms with van der Waals surface area (Å²) in [6.45, 7) is 0. The van der Waals surface area contributed by atoms with E-state index in [-0.39, 0.29) is 0 Å². The molecule has 0 spiro atoms. The highest BCUT2D eigenvalue weighted by Gasteiger charge is 2.16. The van der Waals surface area contributed by atoms with Crippen molar-refractivity contribution in [3.05, 3.63) is 54.6 Å². The van der Waals surface area contributed by atoms with Gasteiger partial charge in [-0.25, -0.2) is 9.69 Å². The highest BCUT2D eigenvalue weighted by molar-refractivity contribution is 8.00. The Morgan fingerprint density at radius 2 is 1.65 bits per heavy atom. The van der Waals surface area contributed by atoms with Crippen LogP contribution in [0.15, 0.2) is 59.5 Å². The van der Waals surface area contributed by atoms with Crippen molar-refractivity contribution in [1.82, 2.24) is 0 Å². The molecule has 0 saturated heterocycles. The van der Waals surface area contributed by atoms with E-state index in [0.717, 1.165) is 16.4 Å². The number of thiol groups is 1. The summed E-state index contributed by atoms with van der Waals surface area (Å²) in [4.78, 5) is 13.9. The smallest absolute Gasteiger partial charge is 0.416 e. The fraction of sp³-hybridized carbons (Fsp3) is 0.133. The lowest BCUT2D eigenvalue weighted by Gasteiger charge is -2.19. The summed E-state index contributed by atoms with van der Waals surface area (Å²) in [6.07, 6.45) is -0.994. The summed E-state index contributed by atoms with van der Waals surface area (Å²) >= 11 is 5.87. The van der Waals surface area contributed by atoms with Crippen LogP contribution >= 0.6 is 24.4 Å². The third kappa shape index (κ3) is 3.71. The molecule has 0 fully saturated rings. The second-order valence-corrected chi connectivity index (χ2v) is 5.64. The first-order valence-electron chi connectivity index (χ1n) is 6.14. The van der Waals surface area contributed by atoms with E-state index in [9.17, 15) is 9.90 Å². The second kappa shape index (κ2) is 7.26. The van der Waals surface area contributed by atoms with Crippen LogP contribution in [0, 0.1) is 0 Å². The predicted molar refractivity (Wildman–Crippen MR) is 87.6 cm³/mol. The van der Waals surface area contributed by atoms with Crippen LogP contribution in [0.4, 0.5) is 16.2 Å². The minimum absolute atomic E-state index is 0.635. The normalized spacial score (nSPS) is 10.2. The lowest BCUT2D eigenvalue weighted by Crippen LogP contribution is -2.23. The van der Waals surface area contributed by atoms with Crippen molar-refractivity contribution >= 4 is 41.9 Å². The summed E-state index contributed by atoms with van der Waals surface area (Å²) in [6, 6.07) is 16.6. The van der Waals surface area contributed by atoms with Crippen LogP contribution in [0.25, 0.3) is 0 Å². The quantitative estimate of drug-likeness (QED) is 0.630. The zero-order valence-electron chi connectivity index (χ0n) is 10.8. The molecule has 104 valence electrons. The van der Waals surface area contributed by atoms with Crippen molar-refractivity contribution in [3.63, 3.8) is 0 Å². The molecule has 0 radical (unpaired) electrons. The summed E-state index contributed by atoms with van der Waals surface area (Å²) in [5, 5.41) is 9.40. The van der Waals surface area contributed by atoms with E-state index >= 15 is 0 Å². The van der Waals surface area contributed by atoms with Crippen molar-refractivity contribution in [2.24, 2.45) is 0 Å².